The Bertz CT molecular complexity index is 718. The van der Waals surface area contributed by atoms with Gasteiger partial charge in [0.05, 0.1) is 12.9 Å². The number of fused-ring (bicyclic) bond motifs is 2. The van der Waals surface area contributed by atoms with Crippen molar-refractivity contribution in [2.45, 2.75) is 44.2 Å². The molecule has 2 aliphatic heterocycles. The predicted octanol–water partition coefficient (Wildman–Crippen LogP) is -0.182. The zero-order valence-electron chi connectivity index (χ0n) is 12.2. The SMILES string of the molecule is CC1(C)O[C@@H]2[C@H](O1)[C@H](n1cnc3c(N)ncnc31)O[C@@H]2CO. The van der Waals surface area contributed by atoms with E-state index < -0.39 is 18.1 Å². The van der Waals surface area contributed by atoms with E-state index in [1.807, 2.05) is 13.8 Å². The lowest BCUT2D eigenvalue weighted by molar-refractivity contribution is -0.199. The van der Waals surface area contributed by atoms with Gasteiger partial charge >= 0.3 is 0 Å². The van der Waals surface area contributed by atoms with Crippen LogP contribution in [0.2, 0.25) is 0 Å². The topological polar surface area (TPSA) is 118 Å². The second-order valence-corrected chi connectivity index (χ2v) is 5.90. The molecule has 0 radical (unpaired) electrons. The van der Waals surface area contributed by atoms with Crippen LogP contribution in [0.3, 0.4) is 0 Å². The molecule has 0 aliphatic carbocycles. The summed E-state index contributed by atoms with van der Waals surface area (Å²) in [5.74, 6) is -0.421. The van der Waals surface area contributed by atoms with Crippen LogP contribution in [0.5, 0.6) is 0 Å². The monoisotopic (exact) mass is 307 g/mol. The molecule has 0 saturated carbocycles. The summed E-state index contributed by atoms with van der Waals surface area (Å²) in [5, 5.41) is 9.52. The minimum atomic E-state index is -0.727. The van der Waals surface area contributed by atoms with Crippen LogP contribution in [-0.2, 0) is 14.2 Å². The van der Waals surface area contributed by atoms with E-state index in [-0.39, 0.29) is 18.8 Å². The minimum Gasteiger partial charge on any atom is -0.394 e. The predicted molar refractivity (Wildman–Crippen MR) is 74.6 cm³/mol. The highest BCUT2D eigenvalue weighted by molar-refractivity contribution is 5.81. The third kappa shape index (κ3) is 1.90. The molecule has 0 spiro atoms. The second-order valence-electron chi connectivity index (χ2n) is 5.90. The van der Waals surface area contributed by atoms with Crippen LogP contribution < -0.4 is 5.73 Å². The number of rotatable bonds is 2. The number of imidazole rings is 1. The molecule has 9 heteroatoms. The number of aliphatic hydroxyl groups is 1. The molecule has 0 aromatic carbocycles. The molecule has 4 heterocycles. The molecule has 0 bridgehead atoms. The lowest BCUT2D eigenvalue weighted by atomic mass is 10.1. The van der Waals surface area contributed by atoms with Crippen LogP contribution in [0.4, 0.5) is 5.82 Å². The Kier molecular flexibility index (Phi) is 2.89. The van der Waals surface area contributed by atoms with Crippen molar-refractivity contribution in [2.75, 3.05) is 12.3 Å². The largest absolute Gasteiger partial charge is 0.394 e. The van der Waals surface area contributed by atoms with Gasteiger partial charge in [-0.15, -0.1) is 0 Å². The average molecular weight is 307 g/mol. The first kappa shape index (κ1) is 13.8. The maximum atomic E-state index is 9.52. The maximum absolute atomic E-state index is 9.52. The van der Waals surface area contributed by atoms with Crippen molar-refractivity contribution < 1.29 is 19.3 Å². The van der Waals surface area contributed by atoms with Gasteiger partial charge in [-0.3, -0.25) is 4.57 Å². The van der Waals surface area contributed by atoms with E-state index in [9.17, 15) is 5.11 Å². The third-order valence-corrected chi connectivity index (χ3v) is 3.97. The quantitative estimate of drug-likeness (QED) is 0.784. The molecule has 118 valence electrons. The number of anilines is 1. The van der Waals surface area contributed by atoms with Crippen molar-refractivity contribution >= 4 is 17.0 Å². The van der Waals surface area contributed by atoms with Gasteiger partial charge in [-0.2, -0.15) is 0 Å². The van der Waals surface area contributed by atoms with E-state index in [4.69, 9.17) is 19.9 Å². The molecule has 0 unspecified atom stereocenters. The molecule has 2 aromatic heterocycles. The molecule has 22 heavy (non-hydrogen) atoms. The number of aromatic nitrogens is 4. The molecule has 9 nitrogen and oxygen atoms in total. The Morgan fingerprint density at radius 2 is 2.05 bits per heavy atom. The molecular weight excluding hydrogens is 290 g/mol. The van der Waals surface area contributed by atoms with E-state index in [0.29, 0.717) is 17.0 Å². The molecule has 0 amide bonds. The van der Waals surface area contributed by atoms with Crippen molar-refractivity contribution in [3.63, 3.8) is 0 Å². The summed E-state index contributed by atoms with van der Waals surface area (Å²) in [7, 11) is 0. The summed E-state index contributed by atoms with van der Waals surface area (Å²) in [5.41, 5.74) is 6.87. The standard InChI is InChI=1S/C13H17N5O4/c1-13(2)21-8-6(3-19)20-12(9(8)22-13)18-5-17-7-10(14)15-4-16-11(7)18/h4-6,8-9,12,19H,3H2,1-2H3,(H2,14,15,16)/t6-,8+,9+,12-/m1/s1. The first-order valence-electron chi connectivity index (χ1n) is 7.05. The first-order valence-corrected chi connectivity index (χ1v) is 7.05. The van der Waals surface area contributed by atoms with Gasteiger partial charge in [0.15, 0.2) is 23.5 Å². The summed E-state index contributed by atoms with van der Waals surface area (Å²) in [6, 6.07) is 0. The van der Waals surface area contributed by atoms with Crippen molar-refractivity contribution in [3.8, 4) is 0 Å². The number of aliphatic hydroxyl groups excluding tert-OH is 1. The fraction of sp³-hybridized carbons (Fsp3) is 0.615. The summed E-state index contributed by atoms with van der Waals surface area (Å²) >= 11 is 0. The van der Waals surface area contributed by atoms with Gasteiger partial charge in [0.25, 0.3) is 0 Å². The highest BCUT2D eigenvalue weighted by Crippen LogP contribution is 2.43. The van der Waals surface area contributed by atoms with Crippen molar-refractivity contribution in [2.24, 2.45) is 0 Å². The van der Waals surface area contributed by atoms with Crippen LogP contribution >= 0.6 is 0 Å². The minimum absolute atomic E-state index is 0.152. The van der Waals surface area contributed by atoms with Crippen LogP contribution in [0.15, 0.2) is 12.7 Å². The summed E-state index contributed by atoms with van der Waals surface area (Å²) < 4.78 is 19.4. The number of hydrogen-bond acceptors (Lipinski definition) is 8. The number of nitrogens with zero attached hydrogens (tertiary/aromatic N) is 4. The Balaban J connectivity index is 1.77. The number of ether oxygens (including phenoxy) is 3. The number of hydrogen-bond donors (Lipinski definition) is 2. The fourth-order valence-corrected chi connectivity index (χ4v) is 3.09. The zero-order valence-corrected chi connectivity index (χ0v) is 12.2. The van der Waals surface area contributed by atoms with Crippen LogP contribution in [-0.4, -0.2) is 55.3 Å². The molecule has 4 atom stereocenters. The molecule has 2 aromatic rings. The number of nitrogen functional groups attached to an aromatic ring is 1. The van der Waals surface area contributed by atoms with Crippen LogP contribution in [0, 0.1) is 0 Å². The summed E-state index contributed by atoms with van der Waals surface area (Å²) in [4.78, 5) is 12.4. The molecule has 2 saturated heterocycles. The second kappa shape index (κ2) is 4.59. The Morgan fingerprint density at radius 1 is 1.27 bits per heavy atom. The summed E-state index contributed by atoms with van der Waals surface area (Å²) in [6.07, 6.45) is 1.30. The fourth-order valence-electron chi connectivity index (χ4n) is 3.09. The van der Waals surface area contributed by atoms with Gasteiger partial charge < -0.3 is 25.1 Å². The average Bonchev–Trinajstić information content (AvgIpc) is 3.10. The van der Waals surface area contributed by atoms with Gasteiger partial charge in [-0.1, -0.05) is 0 Å². The maximum Gasteiger partial charge on any atom is 0.167 e. The number of nitrogens with two attached hydrogens (primary N) is 1. The van der Waals surface area contributed by atoms with Gasteiger partial charge in [0, 0.05) is 0 Å². The zero-order chi connectivity index (χ0) is 15.5. The highest BCUT2D eigenvalue weighted by Gasteiger charge is 2.55. The van der Waals surface area contributed by atoms with Crippen LogP contribution in [0.25, 0.3) is 11.2 Å². The van der Waals surface area contributed by atoms with E-state index in [0.717, 1.165) is 0 Å². The molecule has 4 rings (SSSR count). The van der Waals surface area contributed by atoms with E-state index in [1.165, 1.54) is 6.33 Å². The molecule has 2 fully saturated rings. The Morgan fingerprint density at radius 3 is 2.82 bits per heavy atom. The van der Waals surface area contributed by atoms with Crippen molar-refractivity contribution in [1.29, 1.82) is 0 Å². The van der Waals surface area contributed by atoms with Crippen LogP contribution in [0.1, 0.15) is 20.1 Å². The van der Waals surface area contributed by atoms with Gasteiger partial charge in [0.1, 0.15) is 30.2 Å². The normalized spacial score (nSPS) is 33.4. The summed E-state index contributed by atoms with van der Waals surface area (Å²) in [6.45, 7) is 3.52. The van der Waals surface area contributed by atoms with Gasteiger partial charge in [0.2, 0.25) is 0 Å². The van der Waals surface area contributed by atoms with E-state index in [2.05, 4.69) is 15.0 Å². The van der Waals surface area contributed by atoms with Gasteiger partial charge in [-0.25, -0.2) is 15.0 Å². The smallest absolute Gasteiger partial charge is 0.167 e. The Labute approximate surface area is 126 Å². The van der Waals surface area contributed by atoms with Crippen molar-refractivity contribution in [1.82, 2.24) is 19.5 Å². The lowest BCUT2D eigenvalue weighted by Crippen LogP contribution is -2.31. The first-order chi connectivity index (χ1) is 10.5. The highest BCUT2D eigenvalue weighted by atomic mass is 16.8. The Hall–Kier alpha value is -1.81. The van der Waals surface area contributed by atoms with Gasteiger partial charge in [-0.05, 0) is 13.8 Å². The molecule has 2 aliphatic rings. The third-order valence-electron chi connectivity index (χ3n) is 3.97. The molecule has 3 N–H and O–H groups in total. The van der Waals surface area contributed by atoms with E-state index >= 15 is 0 Å². The molecular formula is C13H17N5O4. The van der Waals surface area contributed by atoms with E-state index in [1.54, 1.807) is 10.9 Å². The van der Waals surface area contributed by atoms with Crippen molar-refractivity contribution in [3.05, 3.63) is 12.7 Å². The lowest BCUT2D eigenvalue weighted by Gasteiger charge is -2.24.